The summed E-state index contributed by atoms with van der Waals surface area (Å²) in [5.41, 5.74) is 12.8. The van der Waals surface area contributed by atoms with Gasteiger partial charge in [-0.3, -0.25) is 4.99 Å². The number of rotatable bonds is 4. The first kappa shape index (κ1) is 41.6. The van der Waals surface area contributed by atoms with E-state index in [1.165, 1.54) is 85.1 Å². The van der Waals surface area contributed by atoms with E-state index in [4.69, 9.17) is 16.0 Å². The molecule has 0 radical (unpaired) electrons. The second kappa shape index (κ2) is 15.7. The first-order valence-electron chi connectivity index (χ1n) is 25.6. The maximum Gasteiger partial charge on any atom is 0.151 e. The number of aliphatic imine (C=N–C) groups is 1. The zero-order chi connectivity index (χ0) is 48.8. The normalized spacial score (nSPS) is 16.5. The molecule has 4 aromatic heterocycles. The van der Waals surface area contributed by atoms with Crippen molar-refractivity contribution >= 4 is 141 Å². The van der Waals surface area contributed by atoms with Gasteiger partial charge < -0.3 is 13.6 Å². The molecule has 16 rings (SSSR count). The molecule has 74 heavy (non-hydrogen) atoms. The van der Waals surface area contributed by atoms with Crippen molar-refractivity contribution < 1.29 is 4.42 Å². The van der Waals surface area contributed by atoms with Crippen LogP contribution >= 0.6 is 11.3 Å². The summed E-state index contributed by atoms with van der Waals surface area (Å²) >= 11 is 1.90. The molecule has 0 saturated carbocycles. The van der Waals surface area contributed by atoms with Crippen LogP contribution in [0, 0.1) is 5.92 Å². The predicted molar refractivity (Wildman–Crippen MR) is 316 cm³/mol. The van der Waals surface area contributed by atoms with Crippen LogP contribution in [0.15, 0.2) is 240 Å². The summed E-state index contributed by atoms with van der Waals surface area (Å²) in [6.07, 6.45) is 2.69. The molecule has 348 valence electrons. The highest BCUT2D eigenvalue weighted by Gasteiger charge is 2.31. The van der Waals surface area contributed by atoms with Gasteiger partial charge >= 0.3 is 0 Å². The van der Waals surface area contributed by atoms with Crippen molar-refractivity contribution in [1.82, 2.24) is 9.13 Å². The molecule has 11 aromatic carbocycles. The Balaban J connectivity index is 1.02. The lowest BCUT2D eigenvalue weighted by Crippen LogP contribution is -2.21. The van der Waals surface area contributed by atoms with Gasteiger partial charge in [0.1, 0.15) is 11.2 Å². The maximum atomic E-state index is 6.53. The summed E-state index contributed by atoms with van der Waals surface area (Å²) in [5.74, 6) is 0.00822. The molecule has 1 aliphatic heterocycles. The smallest absolute Gasteiger partial charge is 0.151 e. The standard InChI is InChI=1S/C69H45N3OS/c1-40-30-33-47(52-25-15-29-62-65(52)53-24-11-14-28-61(53)73-62)41(2)69(72-57-26-12-9-22-50(57)51-23-10-13-27-58(51)72)70-67(40)56-38-46(39-63-66(56)54-34-31-43-17-6-8-21-49(43)68(54)74-63)71-59-35-32-42-16-5-7-20-48(42)64(59)55-36-44-18-3-4-19-45(44)37-60(55)71/h3-29,31-40,69H,2,30H2,1H3/b47-33-,70-67?. The Morgan fingerprint density at radius 1 is 0.486 bits per heavy atom. The molecule has 0 fully saturated rings. The van der Waals surface area contributed by atoms with Crippen LogP contribution in [-0.2, 0) is 0 Å². The van der Waals surface area contributed by atoms with E-state index in [0.717, 1.165) is 73.1 Å². The van der Waals surface area contributed by atoms with Gasteiger partial charge in [0.15, 0.2) is 6.17 Å². The Hall–Kier alpha value is -9.03. The molecule has 0 amide bonds. The fraction of sp³-hybridized carbons (Fsp3) is 0.0580. The monoisotopic (exact) mass is 963 g/mol. The molecule has 2 unspecified atom stereocenters. The van der Waals surface area contributed by atoms with Gasteiger partial charge in [0.05, 0.1) is 22.1 Å². The number of fused-ring (bicyclic) bond motifs is 17. The number of aromatic nitrogens is 2. The van der Waals surface area contributed by atoms with Gasteiger partial charge in [-0.05, 0) is 110 Å². The first-order valence-corrected chi connectivity index (χ1v) is 26.4. The van der Waals surface area contributed by atoms with Crippen molar-refractivity contribution in [1.29, 1.82) is 0 Å². The number of para-hydroxylation sites is 3. The zero-order valence-corrected chi connectivity index (χ0v) is 41.3. The number of hydrogen-bond acceptors (Lipinski definition) is 3. The largest absolute Gasteiger partial charge is 0.456 e. The number of nitrogens with zero attached hydrogens (tertiary/aromatic N) is 3. The van der Waals surface area contributed by atoms with Crippen molar-refractivity contribution in [2.75, 3.05) is 0 Å². The van der Waals surface area contributed by atoms with Crippen LogP contribution in [0.2, 0.25) is 0 Å². The average Bonchev–Trinajstić information content (AvgIpc) is 4.23. The summed E-state index contributed by atoms with van der Waals surface area (Å²) in [5, 5.41) is 17.1. The molecule has 1 aliphatic rings. The second-order valence-electron chi connectivity index (χ2n) is 20.2. The number of allylic oxidation sites excluding steroid dienone is 1. The van der Waals surface area contributed by atoms with Gasteiger partial charge in [-0.1, -0.05) is 177 Å². The Morgan fingerprint density at radius 2 is 1.12 bits per heavy atom. The number of hydrogen-bond donors (Lipinski definition) is 0. The van der Waals surface area contributed by atoms with Crippen molar-refractivity contribution in [2.24, 2.45) is 10.9 Å². The molecule has 2 atom stereocenters. The fourth-order valence-electron chi connectivity index (χ4n) is 12.8. The molecule has 15 aromatic rings. The molecule has 0 aliphatic carbocycles. The van der Waals surface area contributed by atoms with E-state index in [2.05, 4.69) is 228 Å². The highest BCUT2D eigenvalue weighted by atomic mass is 32.1. The average molecular weight is 964 g/mol. The minimum absolute atomic E-state index is 0.00822. The van der Waals surface area contributed by atoms with Gasteiger partial charge in [0.2, 0.25) is 0 Å². The highest BCUT2D eigenvalue weighted by Crippen LogP contribution is 2.48. The van der Waals surface area contributed by atoms with Crippen molar-refractivity contribution in [2.45, 2.75) is 19.5 Å². The Morgan fingerprint density at radius 3 is 1.91 bits per heavy atom. The summed E-state index contributed by atoms with van der Waals surface area (Å²) in [6, 6.07) is 77.9. The van der Waals surface area contributed by atoms with Crippen LogP contribution < -0.4 is 0 Å². The van der Waals surface area contributed by atoms with Gasteiger partial charge in [-0.25, -0.2) is 0 Å². The quantitative estimate of drug-likeness (QED) is 0.173. The predicted octanol–water partition coefficient (Wildman–Crippen LogP) is 19.3. The fourth-order valence-corrected chi connectivity index (χ4v) is 14.1. The maximum absolute atomic E-state index is 6.53. The van der Waals surface area contributed by atoms with Crippen LogP contribution in [0.25, 0.3) is 129 Å². The minimum Gasteiger partial charge on any atom is -0.456 e. The van der Waals surface area contributed by atoms with Gasteiger partial charge in [0.25, 0.3) is 0 Å². The first-order chi connectivity index (χ1) is 36.5. The highest BCUT2D eigenvalue weighted by molar-refractivity contribution is 7.26. The Bertz CT molecular complexity index is 4940. The molecule has 0 N–H and O–H groups in total. The Kier molecular flexibility index (Phi) is 8.84. The molecule has 0 bridgehead atoms. The third-order valence-corrected chi connectivity index (χ3v) is 17.3. The summed E-state index contributed by atoms with van der Waals surface area (Å²) in [6.45, 7) is 7.51. The number of furan rings is 1. The molecule has 5 heterocycles. The molecule has 5 heteroatoms. The van der Waals surface area contributed by atoms with Crippen LogP contribution in [0.3, 0.4) is 0 Å². The summed E-state index contributed by atoms with van der Waals surface area (Å²) in [7, 11) is 0. The second-order valence-corrected chi connectivity index (χ2v) is 21.3. The van der Waals surface area contributed by atoms with Crippen LogP contribution in [0.5, 0.6) is 0 Å². The van der Waals surface area contributed by atoms with Crippen LogP contribution in [-0.4, -0.2) is 14.8 Å². The van der Waals surface area contributed by atoms with E-state index in [0.29, 0.717) is 0 Å². The van der Waals surface area contributed by atoms with E-state index in [1.54, 1.807) is 0 Å². The molecule has 0 spiro atoms. The van der Waals surface area contributed by atoms with E-state index in [9.17, 15) is 0 Å². The van der Waals surface area contributed by atoms with Crippen LogP contribution in [0.4, 0.5) is 0 Å². The minimum atomic E-state index is -0.507. The topological polar surface area (TPSA) is 35.4 Å². The molecular weight excluding hydrogens is 919 g/mol. The van der Waals surface area contributed by atoms with Crippen molar-refractivity contribution in [3.63, 3.8) is 0 Å². The number of benzene rings is 11. The van der Waals surface area contributed by atoms with Gasteiger partial charge in [-0.2, -0.15) is 0 Å². The van der Waals surface area contributed by atoms with Crippen LogP contribution in [0.1, 0.15) is 30.6 Å². The van der Waals surface area contributed by atoms with Crippen molar-refractivity contribution in [3.8, 4) is 5.69 Å². The molecule has 4 nitrogen and oxygen atoms in total. The summed E-state index contributed by atoms with van der Waals surface area (Å²) < 4.78 is 14.0. The molecule has 0 saturated heterocycles. The van der Waals surface area contributed by atoms with E-state index in [1.807, 2.05) is 17.4 Å². The lowest BCUT2D eigenvalue weighted by molar-refractivity contribution is 0.640. The third kappa shape index (κ3) is 5.93. The lowest BCUT2D eigenvalue weighted by Gasteiger charge is -2.28. The SMILES string of the molecule is C=C1/C(c2cccc3oc4ccccc4c23)=C/CC(C)C(c2cc(-n3c4cc5ccccc5cc4c4c5ccccc5ccc43)cc3sc4c5ccccc5ccc4c23)=NC1n1c2ccccc2c2ccccc21. The lowest BCUT2D eigenvalue weighted by atomic mass is 9.86. The molecular formula is C69H45N3OS. The Labute approximate surface area is 429 Å². The van der Waals surface area contributed by atoms with E-state index in [-0.39, 0.29) is 5.92 Å². The zero-order valence-electron chi connectivity index (χ0n) is 40.5. The van der Waals surface area contributed by atoms with E-state index < -0.39 is 6.17 Å². The number of thiophene rings is 1. The van der Waals surface area contributed by atoms with Crippen molar-refractivity contribution in [3.05, 3.63) is 242 Å². The third-order valence-electron chi connectivity index (χ3n) is 16.1. The van der Waals surface area contributed by atoms with Gasteiger partial charge in [-0.15, -0.1) is 11.3 Å². The van der Waals surface area contributed by atoms with Gasteiger partial charge in [0, 0.05) is 75.4 Å². The summed E-state index contributed by atoms with van der Waals surface area (Å²) in [4.78, 5) is 6.26. The van der Waals surface area contributed by atoms with E-state index >= 15 is 0 Å².